The van der Waals surface area contributed by atoms with Crippen LogP contribution >= 0.6 is 0 Å². The quantitative estimate of drug-likeness (QED) is 0.682. The summed E-state index contributed by atoms with van der Waals surface area (Å²) >= 11 is 0. The van der Waals surface area contributed by atoms with E-state index in [1.807, 2.05) is 18.2 Å². The molecule has 0 radical (unpaired) electrons. The first-order chi connectivity index (χ1) is 9.72. The summed E-state index contributed by atoms with van der Waals surface area (Å²) in [5, 5.41) is 2.63. The average Bonchev–Trinajstić information content (AvgIpc) is 2.47. The molecule has 1 amide bonds. The van der Waals surface area contributed by atoms with Crippen molar-refractivity contribution in [1.82, 2.24) is 5.32 Å². The Morgan fingerprint density at radius 1 is 1.00 bits per heavy atom. The predicted molar refractivity (Wildman–Crippen MR) is 73.5 cm³/mol. The summed E-state index contributed by atoms with van der Waals surface area (Å²) in [6.45, 7) is 0. The van der Waals surface area contributed by atoms with E-state index in [0.717, 1.165) is 0 Å². The zero-order chi connectivity index (χ0) is 13.9. The maximum Gasteiger partial charge on any atom is 0.228 e. The predicted octanol–water partition coefficient (Wildman–Crippen LogP) is 2.14. The molecular formula is C16H13NO3. The van der Waals surface area contributed by atoms with Gasteiger partial charge < -0.3 is 10.1 Å². The molecule has 4 nitrogen and oxygen atoms in total. The van der Waals surface area contributed by atoms with Crippen molar-refractivity contribution in [1.29, 1.82) is 0 Å². The van der Waals surface area contributed by atoms with Crippen LogP contribution in [0.2, 0.25) is 0 Å². The summed E-state index contributed by atoms with van der Waals surface area (Å²) in [6.07, 6.45) is 0.128. The van der Waals surface area contributed by atoms with Crippen LogP contribution in [0.25, 0.3) is 0 Å². The van der Waals surface area contributed by atoms with Gasteiger partial charge in [0.05, 0.1) is 6.42 Å². The van der Waals surface area contributed by atoms with Gasteiger partial charge >= 0.3 is 0 Å². The van der Waals surface area contributed by atoms with Gasteiger partial charge in [0.2, 0.25) is 5.91 Å². The van der Waals surface area contributed by atoms with Crippen molar-refractivity contribution in [2.75, 3.05) is 0 Å². The molecular weight excluding hydrogens is 254 g/mol. The highest BCUT2D eigenvalue weighted by Gasteiger charge is 2.26. The summed E-state index contributed by atoms with van der Waals surface area (Å²) in [5.41, 5.74) is 1.27. The van der Waals surface area contributed by atoms with Crippen LogP contribution in [0.15, 0.2) is 54.6 Å². The van der Waals surface area contributed by atoms with Gasteiger partial charge in [-0.3, -0.25) is 9.59 Å². The maximum atomic E-state index is 12.2. The van der Waals surface area contributed by atoms with Gasteiger partial charge in [-0.25, -0.2) is 0 Å². The Bertz CT molecular complexity index is 627. The van der Waals surface area contributed by atoms with E-state index in [-0.39, 0.29) is 17.9 Å². The van der Waals surface area contributed by atoms with Crippen LogP contribution < -0.4 is 10.1 Å². The lowest BCUT2D eigenvalue weighted by Gasteiger charge is -2.27. The third-order valence-electron chi connectivity index (χ3n) is 3.12. The van der Waals surface area contributed by atoms with Crippen molar-refractivity contribution in [2.24, 2.45) is 0 Å². The summed E-state index contributed by atoms with van der Waals surface area (Å²) in [5.74, 6) is 0.611. The van der Waals surface area contributed by atoms with Crippen LogP contribution in [0.3, 0.4) is 0 Å². The normalized spacial score (nSPS) is 17.0. The third-order valence-corrected chi connectivity index (χ3v) is 3.12. The lowest BCUT2D eigenvalue weighted by molar-refractivity contribution is -0.134. The number of carbonyl (C=O) groups excluding carboxylic acids is 2. The fourth-order valence-electron chi connectivity index (χ4n) is 2.00. The maximum absolute atomic E-state index is 12.2. The van der Waals surface area contributed by atoms with Gasteiger partial charge in [-0.15, -0.1) is 0 Å². The van der Waals surface area contributed by atoms with Crippen molar-refractivity contribution in [3.63, 3.8) is 0 Å². The minimum Gasteiger partial charge on any atom is -0.470 e. The lowest BCUT2D eigenvalue weighted by Crippen LogP contribution is -2.51. The second-order valence-electron chi connectivity index (χ2n) is 4.60. The number of carbonyl (C=O) groups is 2. The zero-order valence-electron chi connectivity index (χ0n) is 10.7. The lowest BCUT2D eigenvalue weighted by atomic mass is 10.0. The van der Waals surface area contributed by atoms with Crippen molar-refractivity contribution < 1.29 is 14.3 Å². The molecule has 4 heteroatoms. The first-order valence-electron chi connectivity index (χ1n) is 6.38. The number of nitrogens with one attached hydrogen (secondary N) is 1. The van der Waals surface area contributed by atoms with Crippen molar-refractivity contribution >= 4 is 11.7 Å². The highest BCUT2D eigenvalue weighted by molar-refractivity contribution is 6.08. The van der Waals surface area contributed by atoms with Gasteiger partial charge in [0.1, 0.15) is 5.75 Å². The molecule has 20 heavy (non-hydrogen) atoms. The van der Waals surface area contributed by atoms with Crippen molar-refractivity contribution in [3.05, 3.63) is 65.7 Å². The topological polar surface area (TPSA) is 55.4 Å². The van der Waals surface area contributed by atoms with Crippen LogP contribution in [-0.2, 0) is 4.79 Å². The van der Waals surface area contributed by atoms with Crippen LogP contribution in [0, 0.1) is 0 Å². The average molecular weight is 267 g/mol. The molecule has 1 unspecified atom stereocenters. The zero-order valence-corrected chi connectivity index (χ0v) is 10.7. The van der Waals surface area contributed by atoms with E-state index in [1.165, 1.54) is 0 Å². The van der Waals surface area contributed by atoms with Crippen molar-refractivity contribution in [2.45, 2.75) is 12.6 Å². The Morgan fingerprint density at radius 2 is 1.60 bits per heavy atom. The van der Waals surface area contributed by atoms with Crippen LogP contribution in [0.4, 0.5) is 0 Å². The second-order valence-corrected chi connectivity index (χ2v) is 4.60. The Balaban J connectivity index is 1.70. The fourth-order valence-corrected chi connectivity index (χ4v) is 2.00. The molecule has 0 aromatic heterocycles. The van der Waals surface area contributed by atoms with Crippen molar-refractivity contribution in [3.8, 4) is 5.75 Å². The first kappa shape index (κ1) is 12.4. The SMILES string of the molecule is O=C1CC(Oc2ccc(C(=O)c3ccccc3)cc2)N1. The number of ether oxygens (including phenoxy) is 1. The van der Waals surface area contributed by atoms with Gasteiger partial charge in [0, 0.05) is 11.1 Å². The number of rotatable bonds is 4. The van der Waals surface area contributed by atoms with Crippen LogP contribution in [-0.4, -0.2) is 17.9 Å². The number of hydrogen-bond donors (Lipinski definition) is 1. The molecule has 1 fully saturated rings. The highest BCUT2D eigenvalue weighted by atomic mass is 16.5. The van der Waals surface area contributed by atoms with E-state index in [9.17, 15) is 9.59 Å². The highest BCUT2D eigenvalue weighted by Crippen LogP contribution is 2.18. The van der Waals surface area contributed by atoms with Gasteiger partial charge in [0.25, 0.3) is 0 Å². The molecule has 1 aliphatic rings. The molecule has 100 valence electrons. The molecule has 1 heterocycles. The smallest absolute Gasteiger partial charge is 0.228 e. The Morgan fingerprint density at radius 3 is 2.20 bits per heavy atom. The Hall–Kier alpha value is -2.62. The van der Waals surface area contributed by atoms with Crippen LogP contribution in [0.1, 0.15) is 22.3 Å². The minimum atomic E-state index is -0.252. The van der Waals surface area contributed by atoms with E-state index in [4.69, 9.17) is 4.74 Å². The molecule has 1 atom stereocenters. The molecule has 0 spiro atoms. The molecule has 1 saturated heterocycles. The van der Waals surface area contributed by atoms with E-state index < -0.39 is 0 Å². The van der Waals surface area contributed by atoms with Gasteiger partial charge in [0.15, 0.2) is 12.0 Å². The minimum absolute atomic E-state index is 0.00845. The molecule has 1 aliphatic heterocycles. The summed E-state index contributed by atoms with van der Waals surface area (Å²) < 4.78 is 5.52. The van der Waals surface area contributed by atoms with E-state index in [0.29, 0.717) is 23.3 Å². The molecule has 2 aromatic rings. The molecule has 2 aromatic carbocycles. The first-order valence-corrected chi connectivity index (χ1v) is 6.38. The molecule has 0 saturated carbocycles. The Labute approximate surface area is 116 Å². The van der Waals surface area contributed by atoms with E-state index in [2.05, 4.69) is 5.32 Å². The van der Waals surface area contributed by atoms with E-state index in [1.54, 1.807) is 36.4 Å². The third kappa shape index (κ3) is 2.54. The van der Waals surface area contributed by atoms with Gasteiger partial charge in [-0.1, -0.05) is 30.3 Å². The molecule has 0 aliphatic carbocycles. The number of ketones is 1. The second kappa shape index (κ2) is 5.17. The number of β-lactam (4-membered cyclic amide) rings is 1. The van der Waals surface area contributed by atoms with Gasteiger partial charge in [-0.2, -0.15) is 0 Å². The summed E-state index contributed by atoms with van der Waals surface area (Å²) in [6, 6.07) is 16.1. The Kier molecular flexibility index (Phi) is 3.21. The number of benzene rings is 2. The van der Waals surface area contributed by atoms with E-state index >= 15 is 0 Å². The monoisotopic (exact) mass is 267 g/mol. The fraction of sp³-hybridized carbons (Fsp3) is 0.125. The number of hydrogen-bond acceptors (Lipinski definition) is 3. The van der Waals surface area contributed by atoms with Crippen LogP contribution in [0.5, 0.6) is 5.75 Å². The standard InChI is InChI=1S/C16H13NO3/c18-14-10-15(17-14)20-13-8-6-12(7-9-13)16(19)11-4-2-1-3-5-11/h1-9,15H,10H2,(H,17,18). The molecule has 0 bridgehead atoms. The number of amides is 1. The molecule has 3 rings (SSSR count). The molecule has 1 N–H and O–H groups in total. The summed E-state index contributed by atoms with van der Waals surface area (Å²) in [4.78, 5) is 23.0. The largest absolute Gasteiger partial charge is 0.470 e. The van der Waals surface area contributed by atoms with Gasteiger partial charge in [-0.05, 0) is 24.3 Å². The summed E-state index contributed by atoms with van der Waals surface area (Å²) in [7, 11) is 0.